The molecule has 8 nitrogen and oxygen atoms in total. The van der Waals surface area contributed by atoms with Crippen LogP contribution in [0.15, 0.2) is 18.2 Å². The molecule has 0 aliphatic rings. The van der Waals surface area contributed by atoms with Crippen LogP contribution in [-0.2, 0) is 7.05 Å². The van der Waals surface area contributed by atoms with Gasteiger partial charge in [-0.2, -0.15) is 10.1 Å². The van der Waals surface area contributed by atoms with E-state index in [1.165, 1.54) is 12.1 Å². The maximum atomic E-state index is 10.9. The topological polar surface area (TPSA) is 95.1 Å². The third-order valence-electron chi connectivity index (χ3n) is 2.52. The van der Waals surface area contributed by atoms with Crippen LogP contribution >= 0.6 is 0 Å². The molecular formula is C12H15N5O3. The Kier molecular flexibility index (Phi) is 3.83. The third kappa shape index (κ3) is 3.02. The van der Waals surface area contributed by atoms with E-state index in [0.29, 0.717) is 18.2 Å². The maximum absolute atomic E-state index is 10.9. The van der Waals surface area contributed by atoms with E-state index < -0.39 is 4.92 Å². The molecule has 0 bridgehead atoms. The highest BCUT2D eigenvalue weighted by Crippen LogP contribution is 2.26. The van der Waals surface area contributed by atoms with Crippen LogP contribution in [0.2, 0.25) is 0 Å². The molecule has 8 heteroatoms. The minimum absolute atomic E-state index is 0.0789. The van der Waals surface area contributed by atoms with E-state index in [9.17, 15) is 10.1 Å². The summed E-state index contributed by atoms with van der Waals surface area (Å²) in [6, 6.07) is 4.38. The highest BCUT2D eigenvalue weighted by atomic mass is 16.6. The number of aromatic nitrogens is 3. The SMILES string of the molecule is CCNc1cc([N+](=O)[O-])cc(Oc2cc(C)nn2C)n1. The van der Waals surface area contributed by atoms with Crippen molar-refractivity contribution in [1.82, 2.24) is 14.8 Å². The van der Waals surface area contributed by atoms with Crippen molar-refractivity contribution < 1.29 is 9.66 Å². The van der Waals surface area contributed by atoms with Crippen LogP contribution < -0.4 is 10.1 Å². The summed E-state index contributed by atoms with van der Waals surface area (Å²) in [7, 11) is 1.73. The van der Waals surface area contributed by atoms with Gasteiger partial charge in [0.1, 0.15) is 5.82 Å². The third-order valence-corrected chi connectivity index (χ3v) is 2.52. The monoisotopic (exact) mass is 277 g/mol. The number of nitro groups is 1. The van der Waals surface area contributed by atoms with Gasteiger partial charge >= 0.3 is 0 Å². The molecule has 0 saturated heterocycles. The van der Waals surface area contributed by atoms with Gasteiger partial charge < -0.3 is 10.1 Å². The largest absolute Gasteiger partial charge is 0.421 e. The molecule has 2 aromatic rings. The first-order valence-electron chi connectivity index (χ1n) is 6.08. The Labute approximate surface area is 115 Å². The van der Waals surface area contributed by atoms with Gasteiger partial charge in [0.15, 0.2) is 0 Å². The van der Waals surface area contributed by atoms with E-state index in [4.69, 9.17) is 4.74 Å². The van der Waals surface area contributed by atoms with Crippen molar-refractivity contribution in [2.24, 2.45) is 7.05 Å². The van der Waals surface area contributed by atoms with Gasteiger partial charge in [0.05, 0.1) is 22.7 Å². The summed E-state index contributed by atoms with van der Waals surface area (Å²) in [6.07, 6.45) is 0. The standard InChI is InChI=1S/C12H15N5O3/c1-4-13-10-6-9(17(18)19)7-11(14-10)20-12-5-8(2)15-16(12)3/h5-7H,4H2,1-3H3,(H,13,14). The number of hydrogen-bond donors (Lipinski definition) is 1. The molecule has 2 heterocycles. The van der Waals surface area contributed by atoms with Crippen LogP contribution in [0.5, 0.6) is 11.8 Å². The van der Waals surface area contributed by atoms with Crippen LogP contribution in [0.1, 0.15) is 12.6 Å². The maximum Gasteiger partial charge on any atom is 0.278 e. The van der Waals surface area contributed by atoms with Crippen molar-refractivity contribution in [3.05, 3.63) is 34.0 Å². The van der Waals surface area contributed by atoms with Crippen LogP contribution in [0.4, 0.5) is 11.5 Å². The minimum Gasteiger partial charge on any atom is -0.421 e. The van der Waals surface area contributed by atoms with E-state index >= 15 is 0 Å². The zero-order valence-corrected chi connectivity index (χ0v) is 11.5. The Hall–Kier alpha value is -2.64. The van der Waals surface area contributed by atoms with Crippen LogP contribution in [-0.4, -0.2) is 26.2 Å². The van der Waals surface area contributed by atoms with E-state index in [1.807, 2.05) is 13.8 Å². The first-order valence-corrected chi connectivity index (χ1v) is 6.08. The molecule has 0 amide bonds. The van der Waals surface area contributed by atoms with Gasteiger partial charge in [0, 0.05) is 19.7 Å². The molecule has 0 aromatic carbocycles. The molecule has 0 aliphatic heterocycles. The fraction of sp³-hybridized carbons (Fsp3) is 0.333. The van der Waals surface area contributed by atoms with Gasteiger partial charge in [0.25, 0.3) is 5.69 Å². The molecule has 2 aromatic heterocycles. The van der Waals surface area contributed by atoms with Gasteiger partial charge in [0.2, 0.25) is 11.8 Å². The molecule has 0 aliphatic carbocycles. The number of pyridine rings is 1. The predicted molar refractivity (Wildman–Crippen MR) is 73.1 cm³/mol. The van der Waals surface area contributed by atoms with Crippen molar-refractivity contribution in [2.45, 2.75) is 13.8 Å². The molecule has 0 unspecified atom stereocenters. The number of anilines is 1. The van der Waals surface area contributed by atoms with Crippen molar-refractivity contribution in [3.8, 4) is 11.8 Å². The zero-order valence-electron chi connectivity index (χ0n) is 11.5. The molecule has 0 radical (unpaired) electrons. The van der Waals surface area contributed by atoms with Crippen molar-refractivity contribution in [3.63, 3.8) is 0 Å². The molecule has 0 saturated carbocycles. The summed E-state index contributed by atoms with van der Waals surface area (Å²) in [6.45, 7) is 4.32. The lowest BCUT2D eigenvalue weighted by molar-refractivity contribution is -0.384. The Balaban J connectivity index is 2.35. The molecule has 106 valence electrons. The van der Waals surface area contributed by atoms with Crippen molar-refractivity contribution in [2.75, 3.05) is 11.9 Å². The van der Waals surface area contributed by atoms with Crippen LogP contribution in [0.3, 0.4) is 0 Å². The fourth-order valence-electron chi connectivity index (χ4n) is 1.71. The number of aryl methyl sites for hydroxylation is 2. The molecule has 1 N–H and O–H groups in total. The smallest absolute Gasteiger partial charge is 0.278 e. The Bertz CT molecular complexity index is 638. The summed E-state index contributed by atoms with van der Waals surface area (Å²) in [4.78, 5) is 14.6. The Morgan fingerprint density at radius 1 is 1.45 bits per heavy atom. The van der Waals surface area contributed by atoms with Crippen LogP contribution in [0, 0.1) is 17.0 Å². The van der Waals surface area contributed by atoms with E-state index in [2.05, 4.69) is 15.4 Å². The number of ether oxygens (including phenoxy) is 1. The summed E-state index contributed by atoms with van der Waals surface area (Å²) >= 11 is 0. The van der Waals surface area contributed by atoms with Crippen molar-refractivity contribution >= 4 is 11.5 Å². The first kappa shape index (κ1) is 13.8. The molecule has 0 spiro atoms. The van der Waals surface area contributed by atoms with Gasteiger partial charge in [-0.15, -0.1) is 0 Å². The zero-order chi connectivity index (χ0) is 14.7. The number of hydrogen-bond acceptors (Lipinski definition) is 6. The predicted octanol–water partition coefficient (Wildman–Crippen LogP) is 2.26. The second kappa shape index (κ2) is 5.55. The summed E-state index contributed by atoms with van der Waals surface area (Å²) in [5.74, 6) is 1.02. The van der Waals surface area contributed by atoms with Gasteiger partial charge in [-0.1, -0.05) is 0 Å². The fourth-order valence-corrected chi connectivity index (χ4v) is 1.71. The molecule has 0 atom stereocenters. The van der Waals surface area contributed by atoms with Gasteiger partial charge in [-0.25, -0.2) is 4.68 Å². The van der Waals surface area contributed by atoms with Crippen LogP contribution in [0.25, 0.3) is 0 Å². The molecule has 0 fully saturated rings. The molecule has 2 rings (SSSR count). The molecule has 20 heavy (non-hydrogen) atoms. The number of rotatable bonds is 5. The van der Waals surface area contributed by atoms with E-state index in [-0.39, 0.29) is 11.6 Å². The lowest BCUT2D eigenvalue weighted by atomic mass is 10.4. The van der Waals surface area contributed by atoms with Gasteiger partial charge in [-0.05, 0) is 13.8 Å². The first-order chi connectivity index (χ1) is 9.49. The highest BCUT2D eigenvalue weighted by Gasteiger charge is 2.14. The van der Waals surface area contributed by atoms with E-state index in [0.717, 1.165) is 5.69 Å². The second-order valence-electron chi connectivity index (χ2n) is 4.19. The second-order valence-corrected chi connectivity index (χ2v) is 4.19. The Morgan fingerprint density at radius 3 is 2.75 bits per heavy atom. The highest BCUT2D eigenvalue weighted by molar-refractivity contribution is 5.48. The lowest BCUT2D eigenvalue weighted by Crippen LogP contribution is -2.03. The lowest BCUT2D eigenvalue weighted by Gasteiger charge is -2.07. The van der Waals surface area contributed by atoms with E-state index in [1.54, 1.807) is 17.8 Å². The van der Waals surface area contributed by atoms with Gasteiger partial charge in [-0.3, -0.25) is 10.1 Å². The average molecular weight is 277 g/mol. The summed E-state index contributed by atoms with van der Waals surface area (Å²) in [5, 5.41) is 18.0. The minimum atomic E-state index is -0.482. The molecular weight excluding hydrogens is 262 g/mol. The Morgan fingerprint density at radius 2 is 2.20 bits per heavy atom. The number of nitrogens with one attached hydrogen (secondary N) is 1. The average Bonchev–Trinajstić information content (AvgIpc) is 2.68. The summed E-state index contributed by atoms with van der Waals surface area (Å²) < 4.78 is 7.10. The normalized spacial score (nSPS) is 10.3. The quantitative estimate of drug-likeness (QED) is 0.665. The van der Waals surface area contributed by atoms with Crippen molar-refractivity contribution in [1.29, 1.82) is 0 Å². The summed E-state index contributed by atoms with van der Waals surface area (Å²) in [5.41, 5.74) is 0.713. The number of nitrogens with zero attached hydrogens (tertiary/aromatic N) is 4.